The first-order valence-corrected chi connectivity index (χ1v) is 7.87. The number of nitrogens with one attached hydrogen (secondary N) is 1. The second kappa shape index (κ2) is 7.04. The maximum absolute atomic E-state index is 4.23. The number of benzene rings is 1. The third-order valence-electron chi connectivity index (χ3n) is 3.62. The summed E-state index contributed by atoms with van der Waals surface area (Å²) in [4.78, 5) is 0. The Hall–Kier alpha value is -1.13. The molecule has 1 aromatic carbocycles. The van der Waals surface area contributed by atoms with Gasteiger partial charge in [-0.25, -0.2) is 0 Å². The fourth-order valence-corrected chi connectivity index (χ4v) is 2.91. The quantitative estimate of drug-likeness (QED) is 0.870. The lowest BCUT2D eigenvalue weighted by atomic mass is 9.96. The smallest absolute Gasteiger partial charge is 0.0521 e. The molecule has 2 aromatic rings. The lowest BCUT2D eigenvalue weighted by Crippen LogP contribution is -2.22. The summed E-state index contributed by atoms with van der Waals surface area (Å²) in [5, 5.41) is 7.83. The van der Waals surface area contributed by atoms with Crippen LogP contribution < -0.4 is 5.32 Å². The van der Waals surface area contributed by atoms with E-state index in [2.05, 4.69) is 64.6 Å². The molecular formula is C16H22BrN3. The van der Waals surface area contributed by atoms with Crippen molar-refractivity contribution >= 4 is 15.9 Å². The van der Waals surface area contributed by atoms with Crippen LogP contribution in [0.25, 0.3) is 0 Å². The highest BCUT2D eigenvalue weighted by molar-refractivity contribution is 9.10. The molecule has 1 aromatic heterocycles. The molecule has 0 saturated carbocycles. The average Bonchev–Trinajstić information content (AvgIpc) is 2.84. The zero-order valence-electron chi connectivity index (χ0n) is 12.4. The van der Waals surface area contributed by atoms with E-state index in [9.17, 15) is 0 Å². The maximum atomic E-state index is 4.23. The van der Waals surface area contributed by atoms with Gasteiger partial charge < -0.3 is 5.32 Å². The van der Waals surface area contributed by atoms with Gasteiger partial charge in [-0.05, 0) is 49.1 Å². The molecule has 3 nitrogen and oxygen atoms in total. The first-order valence-electron chi connectivity index (χ1n) is 7.07. The number of aryl methyl sites for hydroxylation is 2. The van der Waals surface area contributed by atoms with E-state index in [1.807, 2.05) is 17.9 Å². The minimum Gasteiger partial charge on any atom is -0.310 e. The van der Waals surface area contributed by atoms with Crippen LogP contribution in [-0.4, -0.2) is 16.3 Å². The van der Waals surface area contributed by atoms with Crippen molar-refractivity contribution < 1.29 is 0 Å². The van der Waals surface area contributed by atoms with E-state index in [0.717, 1.165) is 19.4 Å². The van der Waals surface area contributed by atoms with E-state index >= 15 is 0 Å². The largest absolute Gasteiger partial charge is 0.310 e. The Morgan fingerprint density at radius 3 is 2.85 bits per heavy atom. The summed E-state index contributed by atoms with van der Waals surface area (Å²) in [6.07, 6.45) is 6.17. The molecule has 1 heterocycles. The van der Waals surface area contributed by atoms with Crippen LogP contribution in [0.15, 0.2) is 35.1 Å². The number of halogens is 1. The van der Waals surface area contributed by atoms with Crippen LogP contribution in [-0.2, 0) is 13.5 Å². The van der Waals surface area contributed by atoms with Crippen molar-refractivity contribution in [3.63, 3.8) is 0 Å². The summed E-state index contributed by atoms with van der Waals surface area (Å²) in [7, 11) is 1.96. The zero-order valence-corrected chi connectivity index (χ0v) is 13.9. The lowest BCUT2D eigenvalue weighted by molar-refractivity contribution is 0.513. The maximum Gasteiger partial charge on any atom is 0.0521 e. The predicted octanol–water partition coefficient (Wildman–Crippen LogP) is 3.77. The second-order valence-corrected chi connectivity index (χ2v) is 5.98. The summed E-state index contributed by atoms with van der Waals surface area (Å²) >= 11 is 3.62. The van der Waals surface area contributed by atoms with Gasteiger partial charge in [-0.3, -0.25) is 4.68 Å². The van der Waals surface area contributed by atoms with Crippen LogP contribution in [0.4, 0.5) is 0 Å². The summed E-state index contributed by atoms with van der Waals surface area (Å²) in [6, 6.07) is 6.82. The van der Waals surface area contributed by atoms with Crippen LogP contribution in [0.5, 0.6) is 0 Å². The van der Waals surface area contributed by atoms with Gasteiger partial charge in [0.1, 0.15) is 0 Å². The fraction of sp³-hybridized carbons (Fsp3) is 0.438. The molecule has 0 spiro atoms. The molecule has 0 saturated heterocycles. The molecule has 0 bridgehead atoms. The van der Waals surface area contributed by atoms with Crippen molar-refractivity contribution in [3.05, 3.63) is 51.8 Å². The van der Waals surface area contributed by atoms with Gasteiger partial charge in [-0.1, -0.05) is 35.0 Å². The summed E-state index contributed by atoms with van der Waals surface area (Å²) in [5.41, 5.74) is 4.00. The van der Waals surface area contributed by atoms with E-state index in [-0.39, 0.29) is 0 Å². The minimum absolute atomic E-state index is 0.387. The van der Waals surface area contributed by atoms with Crippen molar-refractivity contribution in [1.29, 1.82) is 0 Å². The highest BCUT2D eigenvalue weighted by Crippen LogP contribution is 2.27. The van der Waals surface area contributed by atoms with Gasteiger partial charge >= 0.3 is 0 Å². The van der Waals surface area contributed by atoms with Crippen LogP contribution in [0, 0.1) is 6.92 Å². The molecule has 0 aliphatic heterocycles. The average molecular weight is 336 g/mol. The van der Waals surface area contributed by atoms with E-state index in [4.69, 9.17) is 0 Å². The van der Waals surface area contributed by atoms with Crippen LogP contribution >= 0.6 is 15.9 Å². The Kier molecular flexibility index (Phi) is 5.38. The van der Waals surface area contributed by atoms with Gasteiger partial charge in [0.05, 0.1) is 6.20 Å². The molecule has 0 amide bonds. The van der Waals surface area contributed by atoms with Gasteiger partial charge in [0.15, 0.2) is 0 Å². The van der Waals surface area contributed by atoms with Gasteiger partial charge in [-0.15, -0.1) is 0 Å². The number of hydrogen-bond acceptors (Lipinski definition) is 2. The van der Waals surface area contributed by atoms with Crippen LogP contribution in [0.3, 0.4) is 0 Å². The first kappa shape index (κ1) is 15.3. The molecule has 1 N–H and O–H groups in total. The Balaban J connectivity index is 2.12. The zero-order chi connectivity index (χ0) is 14.5. The van der Waals surface area contributed by atoms with Gasteiger partial charge in [0.25, 0.3) is 0 Å². The fourth-order valence-electron chi connectivity index (χ4n) is 2.53. The SMILES string of the molecule is CCNC(CCc1cnn(C)c1)c1cccc(Br)c1C. The van der Waals surface area contributed by atoms with Crippen molar-refractivity contribution in [3.8, 4) is 0 Å². The number of rotatable bonds is 6. The Bertz CT molecular complexity index is 563. The molecule has 0 aliphatic carbocycles. The molecule has 0 radical (unpaired) electrons. The molecular weight excluding hydrogens is 314 g/mol. The van der Waals surface area contributed by atoms with Crippen molar-refractivity contribution in [2.75, 3.05) is 6.54 Å². The van der Waals surface area contributed by atoms with E-state index in [1.54, 1.807) is 0 Å². The third-order valence-corrected chi connectivity index (χ3v) is 4.47. The second-order valence-electron chi connectivity index (χ2n) is 5.13. The highest BCUT2D eigenvalue weighted by Gasteiger charge is 2.14. The van der Waals surface area contributed by atoms with Crippen molar-refractivity contribution in [2.24, 2.45) is 7.05 Å². The van der Waals surface area contributed by atoms with Gasteiger partial charge in [0, 0.05) is 23.8 Å². The minimum atomic E-state index is 0.387. The van der Waals surface area contributed by atoms with Gasteiger partial charge in [0.2, 0.25) is 0 Å². The third kappa shape index (κ3) is 3.70. The normalized spacial score (nSPS) is 12.6. The molecule has 20 heavy (non-hydrogen) atoms. The molecule has 2 rings (SSSR count). The van der Waals surface area contributed by atoms with Gasteiger partial charge in [-0.2, -0.15) is 5.10 Å². The summed E-state index contributed by atoms with van der Waals surface area (Å²) < 4.78 is 3.04. The van der Waals surface area contributed by atoms with Crippen LogP contribution in [0.1, 0.15) is 36.1 Å². The molecule has 1 atom stereocenters. The van der Waals surface area contributed by atoms with E-state index in [1.165, 1.54) is 21.2 Å². The lowest BCUT2D eigenvalue weighted by Gasteiger charge is -2.21. The molecule has 0 aliphatic rings. The van der Waals surface area contributed by atoms with Crippen LogP contribution in [0.2, 0.25) is 0 Å². The van der Waals surface area contributed by atoms with Crippen molar-refractivity contribution in [2.45, 2.75) is 32.7 Å². The Morgan fingerprint density at radius 1 is 1.40 bits per heavy atom. The van der Waals surface area contributed by atoms with E-state index < -0.39 is 0 Å². The molecule has 1 unspecified atom stereocenters. The standard InChI is InChI=1S/C16H22BrN3/c1-4-18-16(9-8-13-10-19-20(3)11-13)14-6-5-7-15(17)12(14)2/h5-7,10-11,16,18H,4,8-9H2,1-3H3. The molecule has 108 valence electrons. The monoisotopic (exact) mass is 335 g/mol. The molecule has 0 fully saturated rings. The number of aromatic nitrogens is 2. The van der Waals surface area contributed by atoms with Crippen molar-refractivity contribution in [1.82, 2.24) is 15.1 Å². The summed E-state index contributed by atoms with van der Waals surface area (Å²) in [5.74, 6) is 0. The van der Waals surface area contributed by atoms with E-state index in [0.29, 0.717) is 6.04 Å². The Morgan fingerprint density at radius 2 is 2.20 bits per heavy atom. The number of hydrogen-bond donors (Lipinski definition) is 1. The molecule has 4 heteroatoms. The number of nitrogens with zero attached hydrogens (tertiary/aromatic N) is 2. The Labute approximate surface area is 129 Å². The first-order chi connectivity index (χ1) is 9.61. The highest BCUT2D eigenvalue weighted by atomic mass is 79.9. The summed E-state index contributed by atoms with van der Waals surface area (Å²) in [6.45, 7) is 5.31. The predicted molar refractivity (Wildman–Crippen MR) is 86.8 cm³/mol. The topological polar surface area (TPSA) is 29.9 Å².